The van der Waals surface area contributed by atoms with Gasteiger partial charge in [0.05, 0.1) is 0 Å². The molecule has 12 heavy (non-hydrogen) atoms. The monoisotopic (exact) mass is 214 g/mol. The molecule has 0 amide bonds. The van der Waals surface area contributed by atoms with E-state index in [1.165, 1.54) is 25.7 Å². The van der Waals surface area contributed by atoms with Gasteiger partial charge in [0.2, 0.25) is 0 Å². The van der Waals surface area contributed by atoms with Gasteiger partial charge in [-0.3, -0.25) is 0 Å². The molecule has 2 atom stereocenters. The van der Waals surface area contributed by atoms with Gasteiger partial charge >= 0.3 is 0 Å². The van der Waals surface area contributed by atoms with Gasteiger partial charge in [-0.15, -0.1) is 24.8 Å². The Balaban J connectivity index is 0. The Bertz CT molecular complexity index is 109. The van der Waals surface area contributed by atoms with Crippen molar-refractivity contribution in [3.8, 4) is 0 Å². The van der Waals surface area contributed by atoms with Gasteiger partial charge in [0.1, 0.15) is 0 Å². The van der Waals surface area contributed by atoms with Crippen LogP contribution in [0.1, 0.15) is 25.7 Å². The maximum Gasteiger partial charge on any atom is 0.0241 e. The van der Waals surface area contributed by atoms with Crippen molar-refractivity contribution >= 4 is 24.8 Å². The summed E-state index contributed by atoms with van der Waals surface area (Å²) in [5, 5.41) is 0. The molecule has 1 aliphatic carbocycles. The summed E-state index contributed by atoms with van der Waals surface area (Å²) in [6.07, 6.45) is 5.18. The number of rotatable bonds is 1. The first-order valence-electron chi connectivity index (χ1n) is 4.14. The summed E-state index contributed by atoms with van der Waals surface area (Å²) in [6, 6.07) is 1.05. The predicted octanol–water partition coefficient (Wildman–Crippen LogP) is 1.66. The second-order valence-corrected chi connectivity index (χ2v) is 3.48. The zero-order valence-electron chi connectivity index (χ0n) is 7.82. The van der Waals surface area contributed by atoms with E-state index in [0.717, 1.165) is 0 Å². The minimum Gasteiger partial charge on any atom is -0.326 e. The van der Waals surface area contributed by atoms with Crippen molar-refractivity contribution in [2.45, 2.75) is 37.8 Å². The molecule has 1 saturated carbocycles. The minimum atomic E-state index is 0. The van der Waals surface area contributed by atoms with Gasteiger partial charge in [0.25, 0.3) is 0 Å². The Morgan fingerprint density at radius 1 is 1.08 bits per heavy atom. The van der Waals surface area contributed by atoms with Gasteiger partial charge in [-0.05, 0) is 26.9 Å². The van der Waals surface area contributed by atoms with E-state index in [0.29, 0.717) is 12.1 Å². The smallest absolute Gasteiger partial charge is 0.0241 e. The van der Waals surface area contributed by atoms with Crippen LogP contribution in [0.2, 0.25) is 0 Å². The van der Waals surface area contributed by atoms with E-state index in [1.54, 1.807) is 0 Å². The van der Waals surface area contributed by atoms with Crippen LogP contribution in [0.15, 0.2) is 0 Å². The maximum absolute atomic E-state index is 5.94. The predicted molar refractivity (Wildman–Crippen MR) is 58.4 cm³/mol. The molecule has 4 heteroatoms. The third kappa shape index (κ3) is 3.94. The van der Waals surface area contributed by atoms with Crippen LogP contribution in [0.4, 0.5) is 0 Å². The highest BCUT2D eigenvalue weighted by Gasteiger charge is 2.22. The van der Waals surface area contributed by atoms with Crippen molar-refractivity contribution < 1.29 is 0 Å². The summed E-state index contributed by atoms with van der Waals surface area (Å²) < 4.78 is 0. The second-order valence-electron chi connectivity index (χ2n) is 3.48. The average molecular weight is 215 g/mol. The lowest BCUT2D eigenvalue weighted by atomic mass is 9.90. The molecule has 1 rings (SSSR count). The number of nitrogens with two attached hydrogens (primary N) is 1. The summed E-state index contributed by atoms with van der Waals surface area (Å²) in [5.41, 5.74) is 5.94. The number of hydrogen-bond donors (Lipinski definition) is 1. The highest BCUT2D eigenvalue weighted by molar-refractivity contribution is 5.85. The van der Waals surface area contributed by atoms with E-state index in [-0.39, 0.29) is 24.8 Å². The van der Waals surface area contributed by atoms with Crippen molar-refractivity contribution in [2.24, 2.45) is 5.73 Å². The molecule has 0 radical (unpaired) electrons. The van der Waals surface area contributed by atoms with Crippen molar-refractivity contribution in [3.05, 3.63) is 0 Å². The van der Waals surface area contributed by atoms with Crippen molar-refractivity contribution in [3.63, 3.8) is 0 Å². The topological polar surface area (TPSA) is 29.3 Å². The molecular formula is C8H20Cl2N2. The fourth-order valence-electron chi connectivity index (χ4n) is 1.78. The van der Waals surface area contributed by atoms with E-state index in [1.807, 2.05) is 0 Å². The quantitative estimate of drug-likeness (QED) is 0.720. The lowest BCUT2D eigenvalue weighted by Crippen LogP contribution is -2.46. The molecular weight excluding hydrogens is 195 g/mol. The molecule has 0 aromatic heterocycles. The van der Waals surface area contributed by atoms with Gasteiger partial charge in [0.15, 0.2) is 0 Å². The van der Waals surface area contributed by atoms with Crippen LogP contribution in [0.5, 0.6) is 0 Å². The molecule has 1 fully saturated rings. The summed E-state index contributed by atoms with van der Waals surface area (Å²) in [4.78, 5) is 2.25. The Kier molecular flexibility index (Phi) is 8.69. The van der Waals surface area contributed by atoms with Gasteiger partial charge in [-0.2, -0.15) is 0 Å². The van der Waals surface area contributed by atoms with Gasteiger partial charge in [0, 0.05) is 12.1 Å². The van der Waals surface area contributed by atoms with E-state index in [9.17, 15) is 0 Å². The first-order chi connectivity index (χ1) is 4.72. The summed E-state index contributed by atoms with van der Waals surface area (Å²) in [7, 11) is 4.24. The van der Waals surface area contributed by atoms with E-state index in [4.69, 9.17) is 5.73 Å². The number of nitrogens with zero attached hydrogens (tertiary/aromatic N) is 1. The third-order valence-corrected chi connectivity index (χ3v) is 2.44. The van der Waals surface area contributed by atoms with Crippen LogP contribution < -0.4 is 5.73 Å². The highest BCUT2D eigenvalue weighted by atomic mass is 35.5. The van der Waals surface area contributed by atoms with Gasteiger partial charge in [-0.1, -0.05) is 12.8 Å². The standard InChI is InChI=1S/C8H18N2.2ClH/c1-10(2)8-6-4-3-5-7(8)9;;/h7-8H,3-6,9H2,1-2H3;2*1H/t7-,8+;;/m1../s1. The Morgan fingerprint density at radius 2 is 1.58 bits per heavy atom. The molecule has 0 unspecified atom stereocenters. The molecule has 2 N–H and O–H groups in total. The van der Waals surface area contributed by atoms with Gasteiger partial charge in [-0.25, -0.2) is 0 Å². The van der Waals surface area contributed by atoms with Gasteiger partial charge < -0.3 is 10.6 Å². The fourth-order valence-corrected chi connectivity index (χ4v) is 1.78. The first kappa shape index (κ1) is 15.0. The Morgan fingerprint density at radius 3 is 1.92 bits per heavy atom. The van der Waals surface area contributed by atoms with Crippen molar-refractivity contribution in [1.82, 2.24) is 4.90 Å². The zero-order chi connectivity index (χ0) is 7.56. The normalized spacial score (nSPS) is 29.0. The third-order valence-electron chi connectivity index (χ3n) is 2.44. The lowest BCUT2D eigenvalue weighted by molar-refractivity contribution is 0.201. The fraction of sp³-hybridized carbons (Fsp3) is 1.00. The molecule has 76 valence electrons. The molecule has 1 aliphatic rings. The Labute approximate surface area is 87.7 Å². The van der Waals surface area contributed by atoms with Crippen LogP contribution in [-0.2, 0) is 0 Å². The summed E-state index contributed by atoms with van der Waals surface area (Å²) in [6.45, 7) is 0. The molecule has 0 aromatic carbocycles. The van der Waals surface area contributed by atoms with Crippen LogP contribution in [0, 0.1) is 0 Å². The minimum absolute atomic E-state index is 0. The van der Waals surface area contributed by atoms with E-state index >= 15 is 0 Å². The highest BCUT2D eigenvalue weighted by Crippen LogP contribution is 2.19. The van der Waals surface area contributed by atoms with Crippen molar-refractivity contribution in [1.29, 1.82) is 0 Å². The van der Waals surface area contributed by atoms with Crippen molar-refractivity contribution in [2.75, 3.05) is 14.1 Å². The van der Waals surface area contributed by atoms with Crippen LogP contribution in [0.25, 0.3) is 0 Å². The lowest BCUT2D eigenvalue weighted by Gasteiger charge is -2.33. The number of halogens is 2. The van der Waals surface area contributed by atoms with Crippen LogP contribution in [-0.4, -0.2) is 31.1 Å². The SMILES string of the molecule is CN(C)[C@H]1CCCC[C@H]1N.Cl.Cl. The molecule has 0 spiro atoms. The molecule has 0 bridgehead atoms. The first-order valence-corrected chi connectivity index (χ1v) is 4.14. The molecule has 0 aliphatic heterocycles. The zero-order valence-corrected chi connectivity index (χ0v) is 9.46. The largest absolute Gasteiger partial charge is 0.326 e. The second kappa shape index (κ2) is 6.96. The molecule has 2 nitrogen and oxygen atoms in total. The number of hydrogen-bond acceptors (Lipinski definition) is 2. The average Bonchev–Trinajstić information content (AvgIpc) is 1.88. The van der Waals surface area contributed by atoms with Crippen LogP contribution >= 0.6 is 24.8 Å². The summed E-state index contributed by atoms with van der Waals surface area (Å²) >= 11 is 0. The Hall–Kier alpha value is 0.500. The maximum atomic E-state index is 5.94. The van der Waals surface area contributed by atoms with E-state index in [2.05, 4.69) is 19.0 Å². The molecule has 0 heterocycles. The van der Waals surface area contributed by atoms with Crippen LogP contribution in [0.3, 0.4) is 0 Å². The molecule has 0 aromatic rings. The number of likely N-dealkylation sites (N-methyl/N-ethyl adjacent to an activating group) is 1. The summed E-state index contributed by atoms with van der Waals surface area (Å²) in [5.74, 6) is 0. The molecule has 0 saturated heterocycles. The van der Waals surface area contributed by atoms with E-state index < -0.39 is 0 Å².